The predicted octanol–water partition coefficient (Wildman–Crippen LogP) is 7.33. The van der Waals surface area contributed by atoms with Crippen LogP contribution in [0.15, 0.2) is 0 Å². The van der Waals surface area contributed by atoms with Crippen LogP contribution in [0, 0.1) is 0 Å². The topological polar surface area (TPSA) is 179 Å². The lowest BCUT2D eigenvalue weighted by molar-refractivity contribution is -0.123. The normalized spacial score (nSPS) is 13.2. The SMILES string of the molecule is CCCCCCCCCCCCOC[C@H](CSC[C@H](N)C(=O)NCCOCCOCCOCC(F)(F)P(=O)(O)O)NC(=O)CCCCCCCCCCC. The van der Waals surface area contributed by atoms with Crippen LogP contribution in [0.25, 0.3) is 0 Å². The van der Waals surface area contributed by atoms with Crippen molar-refractivity contribution in [2.24, 2.45) is 5.73 Å². The van der Waals surface area contributed by atoms with Gasteiger partial charge in [-0.05, 0) is 12.8 Å². The Kier molecular flexibility index (Phi) is 35.8. The molecule has 0 aromatic carbocycles. The van der Waals surface area contributed by atoms with E-state index in [1.807, 2.05) is 0 Å². The monoisotopic (exact) mass is 820 g/mol. The van der Waals surface area contributed by atoms with Gasteiger partial charge in [-0.2, -0.15) is 20.5 Å². The van der Waals surface area contributed by atoms with Crippen molar-refractivity contribution in [1.82, 2.24) is 10.6 Å². The van der Waals surface area contributed by atoms with Crippen LogP contribution in [-0.4, -0.2) is 110 Å². The Morgan fingerprint density at radius 1 is 0.685 bits per heavy atom. The molecule has 0 aromatic rings. The molecule has 0 rings (SSSR count). The molecule has 2 atom stereocenters. The molecule has 0 aliphatic carbocycles. The Balaban J connectivity index is 4.30. The lowest BCUT2D eigenvalue weighted by Crippen LogP contribution is -2.44. The Labute approximate surface area is 329 Å². The van der Waals surface area contributed by atoms with E-state index in [0.717, 1.165) is 32.1 Å². The number of alkyl halides is 2. The average molecular weight is 820 g/mol. The average Bonchev–Trinajstić information content (AvgIpc) is 3.12. The summed E-state index contributed by atoms with van der Waals surface area (Å²) in [6.07, 6.45) is 23.9. The van der Waals surface area contributed by atoms with Crippen molar-refractivity contribution in [3.63, 3.8) is 0 Å². The Morgan fingerprint density at radius 3 is 1.70 bits per heavy atom. The second-order valence-electron chi connectivity index (χ2n) is 14.0. The molecule has 0 heterocycles. The third kappa shape index (κ3) is 33.3. The van der Waals surface area contributed by atoms with Crippen LogP contribution < -0.4 is 16.4 Å². The fraction of sp³-hybridized carbons (Fsp3) is 0.947. The summed E-state index contributed by atoms with van der Waals surface area (Å²) < 4.78 is 58.0. The van der Waals surface area contributed by atoms with Gasteiger partial charge in [0.05, 0.1) is 51.7 Å². The molecule has 0 aliphatic heterocycles. The van der Waals surface area contributed by atoms with Crippen LogP contribution in [-0.2, 0) is 33.1 Å². The van der Waals surface area contributed by atoms with E-state index in [4.69, 9.17) is 29.7 Å². The number of nitrogens with two attached hydrogens (primary N) is 1. The zero-order valence-corrected chi connectivity index (χ0v) is 35.2. The van der Waals surface area contributed by atoms with Crippen molar-refractivity contribution in [3.05, 3.63) is 0 Å². The molecule has 0 bridgehead atoms. The van der Waals surface area contributed by atoms with E-state index in [1.165, 1.54) is 102 Å². The van der Waals surface area contributed by atoms with Gasteiger partial charge in [0.15, 0.2) is 0 Å². The Hall–Kier alpha value is -0.900. The van der Waals surface area contributed by atoms with E-state index < -0.39 is 25.9 Å². The summed E-state index contributed by atoms with van der Waals surface area (Å²) in [5, 5.41) is 5.88. The highest BCUT2D eigenvalue weighted by Gasteiger charge is 2.48. The maximum absolute atomic E-state index is 13.1. The second-order valence-corrected chi connectivity index (χ2v) is 16.8. The summed E-state index contributed by atoms with van der Waals surface area (Å²) in [6, 6.07) is -0.899. The molecular formula is C38H76F2N3O9PS. The number of nitrogens with one attached hydrogen (secondary N) is 2. The number of unbranched alkanes of at least 4 members (excludes halogenated alkanes) is 17. The van der Waals surface area contributed by atoms with Crippen molar-refractivity contribution in [3.8, 4) is 0 Å². The molecule has 2 amide bonds. The maximum atomic E-state index is 13.1. The van der Waals surface area contributed by atoms with E-state index in [-0.39, 0.29) is 57.4 Å². The van der Waals surface area contributed by atoms with E-state index in [1.54, 1.807) is 0 Å². The molecule has 16 heteroatoms. The third-order valence-corrected chi connectivity index (χ3v) is 11.0. The second kappa shape index (κ2) is 36.4. The summed E-state index contributed by atoms with van der Waals surface area (Å²) in [5.41, 5.74) is 1.88. The number of rotatable bonds is 41. The van der Waals surface area contributed by atoms with Gasteiger partial charge >= 0.3 is 13.3 Å². The van der Waals surface area contributed by atoms with Gasteiger partial charge in [-0.25, -0.2) is 0 Å². The minimum absolute atomic E-state index is 0.0368. The lowest BCUT2D eigenvalue weighted by Gasteiger charge is -2.20. The standard InChI is InChI=1S/C38H76F2N3O9PS/c1-3-5-7-9-11-13-15-17-19-21-24-51-30-34(43-36(44)22-20-18-16-14-12-10-8-6-4-2)31-54-32-35(41)37(45)42-23-25-49-26-27-50-28-29-52-33-38(39,40)53(46,47)48/h34-35H,3-33,41H2,1-2H3,(H,42,45)(H,43,44)(H2,46,47,48)/t34-,35+/m1/s1. The number of halogens is 2. The molecule has 0 unspecified atom stereocenters. The largest absolute Gasteiger partial charge is 0.397 e. The Morgan fingerprint density at radius 2 is 1.17 bits per heavy atom. The van der Waals surface area contributed by atoms with Crippen LogP contribution in [0.5, 0.6) is 0 Å². The van der Waals surface area contributed by atoms with Crippen molar-refractivity contribution in [2.75, 3.05) is 70.9 Å². The molecule has 0 fully saturated rings. The number of thioether (sulfide) groups is 1. The van der Waals surface area contributed by atoms with Gasteiger partial charge in [0.1, 0.15) is 6.61 Å². The molecule has 0 radical (unpaired) electrons. The fourth-order valence-electron chi connectivity index (χ4n) is 5.45. The molecule has 0 aromatic heterocycles. The zero-order chi connectivity index (χ0) is 40.2. The lowest BCUT2D eigenvalue weighted by atomic mass is 10.1. The number of amides is 2. The summed E-state index contributed by atoms with van der Waals surface area (Å²) >= 11 is 1.51. The van der Waals surface area contributed by atoms with Gasteiger partial charge in [-0.15, -0.1) is 0 Å². The van der Waals surface area contributed by atoms with Crippen LogP contribution in [0.3, 0.4) is 0 Å². The number of hydrogen-bond acceptors (Lipinski definition) is 9. The maximum Gasteiger partial charge on any atom is 0.397 e. The zero-order valence-electron chi connectivity index (χ0n) is 33.5. The number of carbonyl (C=O) groups excluding carboxylic acids is 2. The van der Waals surface area contributed by atoms with Crippen molar-refractivity contribution >= 4 is 31.2 Å². The first-order valence-corrected chi connectivity index (χ1v) is 23.4. The molecule has 12 nitrogen and oxygen atoms in total. The quantitative estimate of drug-likeness (QED) is 0.0308. The Bertz CT molecular complexity index is 941. The first-order valence-electron chi connectivity index (χ1n) is 20.6. The third-order valence-electron chi connectivity index (χ3n) is 8.78. The minimum Gasteiger partial charge on any atom is -0.379 e. The molecule has 0 aliphatic rings. The van der Waals surface area contributed by atoms with Crippen LogP contribution in [0.1, 0.15) is 142 Å². The summed E-state index contributed by atoms with van der Waals surface area (Å²) in [4.78, 5) is 42.4. The van der Waals surface area contributed by atoms with Crippen molar-refractivity contribution in [2.45, 2.75) is 160 Å². The van der Waals surface area contributed by atoms with Gasteiger partial charge in [0.25, 0.3) is 0 Å². The fourth-order valence-corrected chi connectivity index (χ4v) is 6.72. The molecule has 6 N–H and O–H groups in total. The predicted molar refractivity (Wildman–Crippen MR) is 214 cm³/mol. The molecule has 0 spiro atoms. The summed E-state index contributed by atoms with van der Waals surface area (Å²) in [6.45, 7) is 4.61. The van der Waals surface area contributed by atoms with Gasteiger partial charge < -0.3 is 45.1 Å². The highest BCUT2D eigenvalue weighted by molar-refractivity contribution is 7.99. The minimum atomic E-state index is -5.57. The first-order chi connectivity index (χ1) is 25.9. The number of ether oxygens (including phenoxy) is 4. The van der Waals surface area contributed by atoms with Gasteiger partial charge in [0.2, 0.25) is 11.8 Å². The van der Waals surface area contributed by atoms with E-state index in [2.05, 4.69) is 29.2 Å². The smallest absolute Gasteiger partial charge is 0.379 e. The number of carbonyl (C=O) groups is 2. The molecule has 0 saturated carbocycles. The summed E-state index contributed by atoms with van der Waals surface area (Å²) in [5.74, 6) is 0.693. The molecule has 54 heavy (non-hydrogen) atoms. The van der Waals surface area contributed by atoms with E-state index in [0.29, 0.717) is 31.1 Å². The molecule has 322 valence electrons. The van der Waals surface area contributed by atoms with Gasteiger partial charge in [-0.3, -0.25) is 14.2 Å². The molecule has 0 saturated heterocycles. The van der Waals surface area contributed by atoms with Gasteiger partial charge in [-0.1, -0.05) is 123 Å². The van der Waals surface area contributed by atoms with Gasteiger partial charge in [0, 0.05) is 31.1 Å². The number of hydrogen-bond donors (Lipinski definition) is 5. The van der Waals surface area contributed by atoms with E-state index in [9.17, 15) is 22.9 Å². The highest BCUT2D eigenvalue weighted by atomic mass is 32.2. The van der Waals surface area contributed by atoms with Crippen LogP contribution >= 0.6 is 19.4 Å². The van der Waals surface area contributed by atoms with Crippen molar-refractivity contribution < 1.29 is 51.7 Å². The van der Waals surface area contributed by atoms with Crippen LogP contribution in [0.2, 0.25) is 0 Å². The molecular weight excluding hydrogens is 743 g/mol. The highest BCUT2D eigenvalue weighted by Crippen LogP contribution is 2.52. The first kappa shape index (κ1) is 53.1. The summed E-state index contributed by atoms with van der Waals surface area (Å²) in [7, 11) is -5.57. The van der Waals surface area contributed by atoms with Crippen LogP contribution in [0.4, 0.5) is 8.78 Å². The van der Waals surface area contributed by atoms with E-state index >= 15 is 0 Å². The van der Waals surface area contributed by atoms with Crippen molar-refractivity contribution in [1.29, 1.82) is 0 Å².